The van der Waals surface area contributed by atoms with Gasteiger partial charge in [-0.3, -0.25) is 0 Å². The fraction of sp³-hybridized carbons (Fsp3) is 0. The monoisotopic (exact) mass is 122 g/mol. The minimum absolute atomic E-state index is 0.785. The maximum atomic E-state index is 9.54. The van der Waals surface area contributed by atoms with Gasteiger partial charge in [0.25, 0.3) is 0 Å². The van der Waals surface area contributed by atoms with Crippen LogP contribution in [-0.2, 0) is 0 Å². The molecule has 2 nitrogen and oxygen atoms in total. The van der Waals surface area contributed by atoms with Gasteiger partial charge in [-0.1, -0.05) is 18.2 Å². The smallest absolute Gasteiger partial charge is 0.348 e. The highest BCUT2D eigenvalue weighted by molar-refractivity contribution is 5.74. The van der Waals surface area contributed by atoms with E-state index in [4.69, 9.17) is 0 Å². The Bertz CT molecular complexity index is 191. The van der Waals surface area contributed by atoms with Gasteiger partial charge in [0.05, 0.1) is 5.56 Å². The van der Waals surface area contributed by atoms with E-state index in [0.29, 0.717) is 0 Å². The molecule has 9 heavy (non-hydrogen) atoms. The topological polar surface area (TPSA) is 34.4 Å². The summed E-state index contributed by atoms with van der Waals surface area (Å²) in [5.41, 5.74) is 0.785. The lowest BCUT2D eigenvalue weighted by atomic mass is 10.2. The van der Waals surface area contributed by atoms with Gasteiger partial charge in [0, 0.05) is 0 Å². The number of rotatable bonds is 1. The quantitative estimate of drug-likeness (QED) is 0.228. The van der Waals surface area contributed by atoms with E-state index in [9.17, 15) is 5.26 Å². The molecule has 0 saturated carbocycles. The van der Waals surface area contributed by atoms with Crippen LogP contribution in [0.25, 0.3) is 0 Å². The van der Waals surface area contributed by atoms with Crippen LogP contribution >= 0.6 is 0 Å². The molecule has 0 heterocycles. The third-order valence-electron chi connectivity index (χ3n) is 0.984. The fourth-order valence-electron chi connectivity index (χ4n) is 0.587. The molecule has 0 spiro atoms. The first-order valence-corrected chi connectivity index (χ1v) is 2.60. The van der Waals surface area contributed by atoms with Gasteiger partial charge in [-0.05, 0) is 12.1 Å². The van der Waals surface area contributed by atoms with Crippen molar-refractivity contribution < 1.29 is 9.83 Å². The van der Waals surface area contributed by atoms with Gasteiger partial charge in [0.1, 0.15) is 0 Å². The zero-order valence-electron chi connectivity index (χ0n) is 4.78. The average molecular weight is 122 g/mol. The molecule has 0 aromatic heterocycles. The zero-order valence-corrected chi connectivity index (χ0v) is 4.78. The largest absolute Gasteiger partial charge is 0.463 e. The molecule has 0 fully saturated rings. The fourth-order valence-corrected chi connectivity index (χ4v) is 0.587. The highest BCUT2D eigenvalue weighted by atomic mass is 17.1. The van der Waals surface area contributed by atoms with Crippen molar-refractivity contribution in [3.63, 3.8) is 0 Å². The van der Waals surface area contributed by atoms with Crippen LogP contribution in [0.5, 0.6) is 0 Å². The highest BCUT2D eigenvalue weighted by Gasteiger charge is 1.87. The van der Waals surface area contributed by atoms with E-state index in [1.165, 1.54) is 0 Å². The second kappa shape index (κ2) is 2.87. The van der Waals surface area contributed by atoms with E-state index in [1.54, 1.807) is 12.1 Å². The number of aldehydes is 1. The third-order valence-corrected chi connectivity index (χ3v) is 0.984. The number of hydrogen-bond donors (Lipinski definition) is 0. The molecule has 1 rings (SSSR count). The Balaban J connectivity index is 2.85. The normalized spacial score (nSPS) is 10.2. The maximum Gasteiger partial charge on any atom is 0.348 e. The Morgan fingerprint density at radius 1 is 1.22 bits per heavy atom. The van der Waals surface area contributed by atoms with Crippen LogP contribution in [0.15, 0.2) is 30.3 Å². The van der Waals surface area contributed by atoms with Crippen LogP contribution in [0.2, 0.25) is 0 Å². The molecular weight excluding hydrogens is 116 g/mol. The average Bonchev–Trinajstić information content (AvgIpc) is 1.91. The van der Waals surface area contributed by atoms with Crippen LogP contribution in [0.3, 0.4) is 0 Å². The van der Waals surface area contributed by atoms with Crippen molar-refractivity contribution in [2.45, 2.75) is 0 Å². The summed E-state index contributed by atoms with van der Waals surface area (Å²) in [6.45, 7) is 0. The summed E-state index contributed by atoms with van der Waals surface area (Å²) in [4.78, 5) is 0. The lowest BCUT2D eigenvalue weighted by molar-refractivity contribution is -0.935. The van der Waals surface area contributed by atoms with Gasteiger partial charge in [-0.2, -0.15) is 4.58 Å². The molecule has 0 saturated heterocycles. The van der Waals surface area contributed by atoms with Crippen molar-refractivity contribution in [1.29, 1.82) is 0 Å². The number of carbonyl (C=O) groups excluding carboxylic acids is 1. The molecule has 0 aliphatic carbocycles. The van der Waals surface area contributed by atoms with Gasteiger partial charge >= 0.3 is 6.29 Å². The zero-order chi connectivity index (χ0) is 6.53. The molecule has 0 atom stereocenters. The Kier molecular flexibility index (Phi) is 1.85. The predicted octanol–water partition coefficient (Wildman–Crippen LogP) is 0.310. The lowest BCUT2D eigenvalue weighted by Crippen LogP contribution is -1.91. The van der Waals surface area contributed by atoms with E-state index in [0.717, 1.165) is 11.8 Å². The molecule has 0 aliphatic heterocycles. The van der Waals surface area contributed by atoms with Crippen LogP contribution < -0.4 is 5.26 Å². The van der Waals surface area contributed by atoms with Crippen molar-refractivity contribution in [2.75, 3.05) is 0 Å². The van der Waals surface area contributed by atoms with Gasteiger partial charge in [0.2, 0.25) is 0 Å². The number of hydrogen-bond acceptors (Lipinski definition) is 1. The summed E-state index contributed by atoms with van der Waals surface area (Å²) in [7, 11) is 0. The molecular formula is C7H6O2. The second-order valence-electron chi connectivity index (χ2n) is 1.62. The van der Waals surface area contributed by atoms with Crippen molar-refractivity contribution in [3.8, 4) is 0 Å². The Hall–Kier alpha value is -1.31. The van der Waals surface area contributed by atoms with Crippen LogP contribution in [0.4, 0.5) is 0 Å². The molecule has 0 unspecified atom stereocenters. The van der Waals surface area contributed by atoms with Gasteiger partial charge in [0.15, 0.2) is 0 Å². The van der Waals surface area contributed by atoms with Crippen LogP contribution in [-0.4, -0.2) is 6.29 Å². The summed E-state index contributed by atoms with van der Waals surface area (Å²) < 4.78 is 3.55. The minimum Gasteiger partial charge on any atom is -0.463 e. The van der Waals surface area contributed by atoms with E-state index in [2.05, 4.69) is 4.58 Å². The molecule has 0 N–H and O–H groups in total. The predicted molar refractivity (Wildman–Crippen MR) is 31.8 cm³/mol. The van der Waals surface area contributed by atoms with Crippen LogP contribution in [0.1, 0.15) is 10.1 Å². The first-order valence-electron chi connectivity index (χ1n) is 2.60. The molecule has 2 heteroatoms. The SMILES string of the molecule is [O-][O+]=Cc1ccccc1. The van der Waals surface area contributed by atoms with Crippen molar-refractivity contribution in [1.82, 2.24) is 0 Å². The second-order valence-corrected chi connectivity index (χ2v) is 1.62. The van der Waals surface area contributed by atoms with Gasteiger partial charge < -0.3 is 5.26 Å². The Morgan fingerprint density at radius 2 is 1.89 bits per heavy atom. The van der Waals surface area contributed by atoms with Crippen LogP contribution in [0, 0.1) is 0 Å². The van der Waals surface area contributed by atoms with Crippen molar-refractivity contribution in [2.24, 2.45) is 0 Å². The lowest BCUT2D eigenvalue weighted by Gasteiger charge is -1.80. The van der Waals surface area contributed by atoms with Gasteiger partial charge in [-0.25, -0.2) is 0 Å². The summed E-state index contributed by atoms with van der Waals surface area (Å²) in [5.74, 6) is 0. The van der Waals surface area contributed by atoms with Crippen molar-refractivity contribution >= 4 is 6.29 Å². The summed E-state index contributed by atoms with van der Waals surface area (Å²) >= 11 is 0. The summed E-state index contributed by atoms with van der Waals surface area (Å²) in [6, 6.07) is 9.13. The first kappa shape index (κ1) is 5.82. The molecule has 0 amide bonds. The van der Waals surface area contributed by atoms with E-state index in [-0.39, 0.29) is 0 Å². The van der Waals surface area contributed by atoms with E-state index in [1.807, 2.05) is 18.2 Å². The van der Waals surface area contributed by atoms with E-state index >= 15 is 0 Å². The molecule has 0 radical (unpaired) electrons. The molecule has 0 aliphatic rings. The Labute approximate surface area is 53.0 Å². The molecule has 46 valence electrons. The summed E-state index contributed by atoms with van der Waals surface area (Å²) in [6.07, 6.45) is 1.15. The summed E-state index contributed by atoms with van der Waals surface area (Å²) in [5, 5.41) is 9.54. The molecule has 0 bridgehead atoms. The highest BCUT2D eigenvalue weighted by Crippen LogP contribution is 1.92. The minimum atomic E-state index is 0.785. The Morgan fingerprint density at radius 3 is 2.44 bits per heavy atom. The van der Waals surface area contributed by atoms with E-state index < -0.39 is 0 Å². The third kappa shape index (κ3) is 1.57. The number of benzene rings is 1. The first-order chi connectivity index (χ1) is 4.43. The molecule has 1 aromatic carbocycles. The van der Waals surface area contributed by atoms with Gasteiger partial charge in [-0.15, -0.1) is 0 Å². The molecule has 1 aromatic rings. The maximum absolute atomic E-state index is 9.54. The van der Waals surface area contributed by atoms with Crippen molar-refractivity contribution in [3.05, 3.63) is 35.9 Å². The standard InChI is InChI=1S/C7H6O2/c8-9-6-7-4-2-1-3-5-7/h1-6H.